The molecule has 28 heavy (non-hydrogen) atoms. The molecule has 0 amide bonds. The van der Waals surface area contributed by atoms with E-state index in [-0.39, 0.29) is 6.04 Å². The molecule has 0 radical (unpaired) electrons. The van der Waals surface area contributed by atoms with Crippen LogP contribution in [0.25, 0.3) is 11.0 Å². The predicted molar refractivity (Wildman–Crippen MR) is 113 cm³/mol. The van der Waals surface area contributed by atoms with Gasteiger partial charge >= 0.3 is 0 Å². The van der Waals surface area contributed by atoms with Gasteiger partial charge in [-0.1, -0.05) is 36.4 Å². The van der Waals surface area contributed by atoms with Crippen LogP contribution in [0.15, 0.2) is 48.5 Å². The fourth-order valence-corrected chi connectivity index (χ4v) is 3.93. The Balaban J connectivity index is 1.70. The minimum absolute atomic E-state index is 0.203. The first-order chi connectivity index (χ1) is 13.5. The molecule has 0 bridgehead atoms. The van der Waals surface area contributed by atoms with Crippen LogP contribution < -0.4 is 10.6 Å². The van der Waals surface area contributed by atoms with Gasteiger partial charge in [-0.2, -0.15) is 5.26 Å². The minimum atomic E-state index is -0.477. The third-order valence-electron chi connectivity index (χ3n) is 5.67. The van der Waals surface area contributed by atoms with Gasteiger partial charge < -0.3 is 15.2 Å². The number of rotatable bonds is 4. The second-order valence-corrected chi connectivity index (χ2v) is 8.27. The van der Waals surface area contributed by atoms with Crippen molar-refractivity contribution in [3.05, 3.63) is 59.7 Å². The fraction of sp³-hybridized carbons (Fsp3) is 0.391. The van der Waals surface area contributed by atoms with Crippen LogP contribution in [0.1, 0.15) is 37.8 Å². The number of hydrogen-bond donors (Lipinski definition) is 1. The average Bonchev–Trinajstić information content (AvgIpc) is 3.07. The molecular formula is C23H27N5. The van der Waals surface area contributed by atoms with Crippen molar-refractivity contribution in [2.24, 2.45) is 5.73 Å². The second kappa shape index (κ2) is 7.29. The van der Waals surface area contributed by atoms with Gasteiger partial charge in [0.15, 0.2) is 0 Å². The molecule has 0 spiro atoms. The molecule has 1 saturated heterocycles. The van der Waals surface area contributed by atoms with E-state index in [4.69, 9.17) is 10.7 Å². The molecule has 1 aliphatic heterocycles. The molecule has 2 aromatic carbocycles. The van der Waals surface area contributed by atoms with Gasteiger partial charge in [-0.15, -0.1) is 0 Å². The number of benzene rings is 2. The number of nitrogens with zero attached hydrogens (tertiary/aromatic N) is 4. The zero-order chi connectivity index (χ0) is 19.7. The highest BCUT2D eigenvalue weighted by Gasteiger charge is 2.23. The number of piperidine rings is 1. The van der Waals surface area contributed by atoms with Crippen LogP contribution in [0.4, 0.5) is 5.95 Å². The van der Waals surface area contributed by atoms with E-state index in [0.29, 0.717) is 0 Å². The van der Waals surface area contributed by atoms with Crippen molar-refractivity contribution in [3.63, 3.8) is 0 Å². The molecule has 144 valence electrons. The molecule has 0 aliphatic carbocycles. The Labute approximate surface area is 166 Å². The molecule has 0 saturated carbocycles. The number of imidazole rings is 1. The number of para-hydroxylation sites is 2. The first-order valence-electron chi connectivity index (χ1n) is 9.94. The molecule has 1 aliphatic rings. The number of nitrogens with two attached hydrogens (primary N) is 1. The van der Waals surface area contributed by atoms with E-state index in [1.807, 2.05) is 19.9 Å². The van der Waals surface area contributed by atoms with E-state index in [9.17, 15) is 5.26 Å². The predicted octanol–water partition coefficient (Wildman–Crippen LogP) is 3.81. The molecule has 1 fully saturated rings. The summed E-state index contributed by atoms with van der Waals surface area (Å²) in [5.74, 6) is 0.998. The summed E-state index contributed by atoms with van der Waals surface area (Å²) >= 11 is 0. The summed E-state index contributed by atoms with van der Waals surface area (Å²) < 4.78 is 2.29. The largest absolute Gasteiger partial charge is 0.341 e. The Morgan fingerprint density at radius 1 is 1.18 bits per heavy atom. The number of nitriles is 1. The quantitative estimate of drug-likeness (QED) is 0.755. The fourth-order valence-electron chi connectivity index (χ4n) is 3.93. The lowest BCUT2D eigenvalue weighted by Crippen LogP contribution is -2.44. The zero-order valence-corrected chi connectivity index (χ0v) is 16.6. The summed E-state index contributed by atoms with van der Waals surface area (Å²) in [5.41, 5.74) is 10.1. The van der Waals surface area contributed by atoms with Gasteiger partial charge in [-0.25, -0.2) is 4.98 Å². The van der Waals surface area contributed by atoms with Gasteiger partial charge in [0.25, 0.3) is 0 Å². The highest BCUT2D eigenvalue weighted by molar-refractivity contribution is 5.79. The van der Waals surface area contributed by atoms with E-state index in [1.54, 1.807) is 0 Å². The average molecular weight is 374 g/mol. The molecular weight excluding hydrogens is 346 g/mol. The lowest BCUT2D eigenvalue weighted by molar-refractivity contribution is 0.495. The van der Waals surface area contributed by atoms with Crippen molar-refractivity contribution < 1.29 is 0 Å². The third-order valence-corrected chi connectivity index (χ3v) is 5.67. The first-order valence-corrected chi connectivity index (χ1v) is 9.94. The summed E-state index contributed by atoms with van der Waals surface area (Å²) in [6, 6.07) is 19.2. The Kier molecular flexibility index (Phi) is 4.82. The van der Waals surface area contributed by atoms with Crippen molar-refractivity contribution in [2.45, 2.75) is 44.7 Å². The van der Waals surface area contributed by atoms with Gasteiger partial charge in [0.1, 0.15) is 0 Å². The SMILES string of the molecule is CC(C)(C#N)c1ccc(Cn2c(N3CCC[C@@H](N)C3)nc3ccccc32)cc1. The maximum absolute atomic E-state index is 9.37. The zero-order valence-electron chi connectivity index (χ0n) is 16.6. The van der Waals surface area contributed by atoms with Crippen molar-refractivity contribution in [1.82, 2.24) is 9.55 Å². The molecule has 3 aromatic rings. The Bertz CT molecular complexity index is 1010. The van der Waals surface area contributed by atoms with E-state index in [0.717, 1.165) is 55.0 Å². The lowest BCUT2D eigenvalue weighted by Gasteiger charge is -2.32. The van der Waals surface area contributed by atoms with Gasteiger partial charge in [-0.05, 0) is 49.9 Å². The van der Waals surface area contributed by atoms with Crippen LogP contribution in [0.5, 0.6) is 0 Å². The monoisotopic (exact) mass is 373 g/mol. The van der Waals surface area contributed by atoms with Gasteiger partial charge in [0.2, 0.25) is 5.95 Å². The highest BCUT2D eigenvalue weighted by atomic mass is 15.3. The summed E-state index contributed by atoms with van der Waals surface area (Å²) in [6.07, 6.45) is 2.18. The number of fused-ring (bicyclic) bond motifs is 1. The summed E-state index contributed by atoms with van der Waals surface area (Å²) in [5, 5.41) is 9.37. The van der Waals surface area contributed by atoms with Crippen LogP contribution in [0.2, 0.25) is 0 Å². The van der Waals surface area contributed by atoms with E-state index in [1.165, 1.54) is 5.56 Å². The number of aromatic nitrogens is 2. The normalized spacial score (nSPS) is 17.6. The van der Waals surface area contributed by atoms with Crippen molar-refractivity contribution >= 4 is 17.0 Å². The highest BCUT2D eigenvalue weighted by Crippen LogP contribution is 2.27. The van der Waals surface area contributed by atoms with Crippen molar-refractivity contribution in [2.75, 3.05) is 18.0 Å². The first kappa shape index (κ1) is 18.5. The third kappa shape index (κ3) is 3.48. The summed E-state index contributed by atoms with van der Waals surface area (Å²) in [4.78, 5) is 7.25. The maximum atomic E-state index is 9.37. The molecule has 0 unspecified atom stereocenters. The summed E-state index contributed by atoms with van der Waals surface area (Å²) in [6.45, 7) is 6.48. The van der Waals surface area contributed by atoms with E-state index in [2.05, 4.69) is 58.0 Å². The van der Waals surface area contributed by atoms with Crippen LogP contribution in [0, 0.1) is 11.3 Å². The van der Waals surface area contributed by atoms with Crippen molar-refractivity contribution in [1.29, 1.82) is 5.26 Å². The van der Waals surface area contributed by atoms with Crippen LogP contribution in [-0.2, 0) is 12.0 Å². The van der Waals surface area contributed by atoms with Crippen LogP contribution in [-0.4, -0.2) is 28.7 Å². The Morgan fingerprint density at radius 3 is 2.64 bits per heavy atom. The van der Waals surface area contributed by atoms with Crippen LogP contribution >= 0.6 is 0 Å². The smallest absolute Gasteiger partial charge is 0.206 e. The Morgan fingerprint density at radius 2 is 1.93 bits per heavy atom. The second-order valence-electron chi connectivity index (χ2n) is 8.27. The standard InChI is InChI=1S/C23H27N5/c1-23(2,16-24)18-11-9-17(10-12-18)14-28-21-8-4-3-7-20(21)26-22(28)27-13-5-6-19(25)15-27/h3-4,7-12,19H,5-6,13-15,25H2,1-2H3/t19-/m1/s1. The topological polar surface area (TPSA) is 70.9 Å². The molecule has 5 nitrogen and oxygen atoms in total. The molecule has 1 aromatic heterocycles. The van der Waals surface area contributed by atoms with Crippen LogP contribution in [0.3, 0.4) is 0 Å². The Hall–Kier alpha value is -2.84. The molecule has 1 atom stereocenters. The van der Waals surface area contributed by atoms with Gasteiger partial charge in [0, 0.05) is 19.1 Å². The molecule has 5 heteroatoms. The number of anilines is 1. The van der Waals surface area contributed by atoms with Crippen molar-refractivity contribution in [3.8, 4) is 6.07 Å². The molecule has 4 rings (SSSR count). The van der Waals surface area contributed by atoms with E-state index >= 15 is 0 Å². The minimum Gasteiger partial charge on any atom is -0.341 e. The summed E-state index contributed by atoms with van der Waals surface area (Å²) in [7, 11) is 0. The van der Waals surface area contributed by atoms with E-state index < -0.39 is 5.41 Å². The maximum Gasteiger partial charge on any atom is 0.206 e. The lowest BCUT2D eigenvalue weighted by atomic mass is 9.86. The van der Waals surface area contributed by atoms with Gasteiger partial charge in [-0.3, -0.25) is 0 Å². The molecule has 2 N–H and O–H groups in total. The number of hydrogen-bond acceptors (Lipinski definition) is 4. The van der Waals surface area contributed by atoms with Gasteiger partial charge in [0.05, 0.1) is 29.1 Å². The molecule has 2 heterocycles.